The van der Waals surface area contributed by atoms with Crippen LogP contribution in [0, 0.1) is 11.7 Å². The first-order chi connectivity index (χ1) is 8.82. The van der Waals surface area contributed by atoms with Gasteiger partial charge in [0.2, 0.25) is 0 Å². The maximum Gasteiger partial charge on any atom is 0.320 e. The van der Waals surface area contributed by atoms with Gasteiger partial charge in [0, 0.05) is 21.2 Å². The van der Waals surface area contributed by atoms with Crippen LogP contribution in [-0.4, -0.2) is 32.8 Å². The number of benzene rings is 1. The molecule has 0 amide bonds. The Morgan fingerprint density at radius 1 is 1.42 bits per heavy atom. The van der Waals surface area contributed by atoms with Gasteiger partial charge in [-0.2, -0.15) is 0 Å². The van der Waals surface area contributed by atoms with Crippen LogP contribution in [0.3, 0.4) is 0 Å². The highest BCUT2D eigenvalue weighted by Crippen LogP contribution is 2.10. The number of carbonyl (C=O) groups is 1. The number of nitrogens with two attached hydrogens (primary N) is 1. The molecule has 0 saturated carbocycles. The molecule has 1 rings (SSSR count). The van der Waals surface area contributed by atoms with Crippen LogP contribution in [0.4, 0.5) is 0 Å². The van der Waals surface area contributed by atoms with Gasteiger partial charge < -0.3 is 10.8 Å². The quantitative estimate of drug-likeness (QED) is 0.703. The van der Waals surface area contributed by atoms with E-state index in [0.29, 0.717) is 6.42 Å². The molecule has 4 N–H and O–H groups in total. The normalized spacial score (nSPS) is 15.7. The van der Waals surface area contributed by atoms with Crippen LogP contribution in [0.25, 0.3) is 0 Å². The molecule has 0 fully saturated rings. The Morgan fingerprint density at radius 2 is 2.05 bits per heavy atom. The second kappa shape index (κ2) is 6.68. The van der Waals surface area contributed by atoms with Crippen LogP contribution in [0.5, 0.6) is 0 Å². The van der Waals surface area contributed by atoms with Gasteiger partial charge >= 0.3 is 5.97 Å². The standard InChI is InChI=1S/C13H20N2O3S/c1-10-4-2-3-5-11(10)6-8-19(15,18)9-7-12(14)13(16)17/h2-5,12,15H,6-9,14H2,1H3,(H,16,17)/t12-,19?/m0/s1. The Labute approximate surface area is 113 Å². The summed E-state index contributed by atoms with van der Waals surface area (Å²) in [7, 11) is -2.77. The average Bonchev–Trinajstić information content (AvgIpc) is 2.35. The minimum absolute atomic E-state index is 0.0341. The van der Waals surface area contributed by atoms with Crippen molar-refractivity contribution in [3.8, 4) is 0 Å². The van der Waals surface area contributed by atoms with Crippen molar-refractivity contribution in [1.29, 1.82) is 4.78 Å². The monoisotopic (exact) mass is 284 g/mol. The molecule has 0 heterocycles. The number of carboxylic acid groups (broad SMARTS) is 1. The van der Waals surface area contributed by atoms with E-state index >= 15 is 0 Å². The Kier molecular flexibility index (Phi) is 5.50. The molecule has 1 aromatic carbocycles. The number of rotatable bonds is 7. The van der Waals surface area contributed by atoms with Crippen LogP contribution in [0.15, 0.2) is 24.3 Å². The van der Waals surface area contributed by atoms with E-state index in [2.05, 4.69) is 0 Å². The fourth-order valence-electron chi connectivity index (χ4n) is 1.71. The van der Waals surface area contributed by atoms with Crippen molar-refractivity contribution in [2.75, 3.05) is 11.5 Å². The third kappa shape index (κ3) is 5.40. The number of nitrogens with one attached hydrogen (secondary N) is 1. The lowest BCUT2D eigenvalue weighted by Crippen LogP contribution is -2.32. The van der Waals surface area contributed by atoms with Gasteiger partial charge in [-0.1, -0.05) is 24.3 Å². The van der Waals surface area contributed by atoms with Crippen LogP contribution in [-0.2, 0) is 20.9 Å². The Hall–Kier alpha value is -1.40. The molecule has 5 nitrogen and oxygen atoms in total. The third-order valence-corrected chi connectivity index (χ3v) is 4.80. The summed E-state index contributed by atoms with van der Waals surface area (Å²) in [5.74, 6) is -0.842. The van der Waals surface area contributed by atoms with E-state index in [1.807, 2.05) is 31.2 Å². The number of carboxylic acids is 1. The highest BCUT2D eigenvalue weighted by molar-refractivity contribution is 7.92. The van der Waals surface area contributed by atoms with E-state index in [1.54, 1.807) is 0 Å². The molecule has 106 valence electrons. The second-order valence-corrected chi connectivity index (χ2v) is 7.07. The van der Waals surface area contributed by atoms with E-state index in [9.17, 15) is 9.00 Å². The summed E-state index contributed by atoms with van der Waals surface area (Å²) in [5, 5.41) is 8.64. The summed E-state index contributed by atoms with van der Waals surface area (Å²) in [6.45, 7) is 1.97. The molecule has 2 atom stereocenters. The van der Waals surface area contributed by atoms with Crippen molar-refractivity contribution in [3.05, 3.63) is 35.4 Å². The molecule has 19 heavy (non-hydrogen) atoms. The molecule has 0 spiro atoms. The summed E-state index contributed by atoms with van der Waals surface area (Å²) in [6, 6.07) is 6.73. The zero-order chi connectivity index (χ0) is 14.5. The Morgan fingerprint density at radius 3 is 2.63 bits per heavy atom. The van der Waals surface area contributed by atoms with Crippen molar-refractivity contribution in [3.63, 3.8) is 0 Å². The van der Waals surface area contributed by atoms with E-state index < -0.39 is 21.7 Å². The van der Waals surface area contributed by atoms with Crippen LogP contribution in [0.2, 0.25) is 0 Å². The zero-order valence-corrected chi connectivity index (χ0v) is 11.8. The fraction of sp³-hybridized carbons (Fsp3) is 0.462. The van der Waals surface area contributed by atoms with Gasteiger partial charge in [0.15, 0.2) is 0 Å². The topological polar surface area (TPSA) is 104 Å². The minimum atomic E-state index is -2.77. The van der Waals surface area contributed by atoms with Crippen LogP contribution < -0.4 is 5.73 Å². The summed E-state index contributed by atoms with van der Waals surface area (Å²) in [4.78, 5) is 10.6. The third-order valence-electron chi connectivity index (χ3n) is 3.04. The van der Waals surface area contributed by atoms with Crippen molar-refractivity contribution in [2.45, 2.75) is 25.8 Å². The van der Waals surface area contributed by atoms with E-state index in [-0.39, 0.29) is 17.9 Å². The highest BCUT2D eigenvalue weighted by Gasteiger charge is 2.15. The minimum Gasteiger partial charge on any atom is -0.480 e. The molecule has 0 saturated heterocycles. The molecule has 0 aromatic heterocycles. The molecule has 0 radical (unpaired) electrons. The van der Waals surface area contributed by atoms with E-state index in [4.69, 9.17) is 15.6 Å². The summed E-state index contributed by atoms with van der Waals surface area (Å²) in [5.41, 5.74) is 7.53. The molecular formula is C13H20N2O3S. The first kappa shape index (κ1) is 15.7. The van der Waals surface area contributed by atoms with Gasteiger partial charge in [-0.3, -0.25) is 9.57 Å². The van der Waals surface area contributed by atoms with Gasteiger partial charge in [0.05, 0.1) is 0 Å². The number of hydrogen-bond acceptors (Lipinski definition) is 4. The maximum atomic E-state index is 12.0. The molecule has 0 aliphatic rings. The SMILES string of the molecule is Cc1ccccc1CCS(=N)(=O)CC[C@H](N)C(=O)O. The summed E-state index contributed by atoms with van der Waals surface area (Å²) < 4.78 is 19.8. The van der Waals surface area contributed by atoms with E-state index in [1.165, 1.54) is 0 Å². The average molecular weight is 284 g/mol. The molecular weight excluding hydrogens is 264 g/mol. The predicted molar refractivity (Wildman–Crippen MR) is 75.7 cm³/mol. The number of hydrogen-bond donors (Lipinski definition) is 3. The lowest BCUT2D eigenvalue weighted by atomic mass is 10.1. The molecule has 1 aromatic rings. The summed E-state index contributed by atoms with van der Waals surface area (Å²) >= 11 is 0. The molecule has 0 bridgehead atoms. The van der Waals surface area contributed by atoms with Crippen LogP contribution in [0.1, 0.15) is 17.5 Å². The van der Waals surface area contributed by atoms with Crippen molar-refractivity contribution >= 4 is 15.7 Å². The predicted octanol–water partition coefficient (Wildman–Crippen LogP) is 1.39. The molecule has 0 aliphatic carbocycles. The lowest BCUT2D eigenvalue weighted by Gasteiger charge is -2.11. The van der Waals surface area contributed by atoms with Crippen molar-refractivity contribution in [1.82, 2.24) is 0 Å². The van der Waals surface area contributed by atoms with Crippen LogP contribution >= 0.6 is 0 Å². The molecule has 1 unspecified atom stereocenters. The van der Waals surface area contributed by atoms with Crippen molar-refractivity contribution in [2.24, 2.45) is 5.73 Å². The Balaban J connectivity index is 2.52. The first-order valence-electron chi connectivity index (χ1n) is 6.09. The highest BCUT2D eigenvalue weighted by atomic mass is 32.2. The van der Waals surface area contributed by atoms with Gasteiger partial charge in [0.25, 0.3) is 0 Å². The van der Waals surface area contributed by atoms with Gasteiger partial charge in [-0.15, -0.1) is 0 Å². The second-order valence-electron chi connectivity index (χ2n) is 4.63. The zero-order valence-electron chi connectivity index (χ0n) is 11.0. The lowest BCUT2D eigenvalue weighted by molar-refractivity contribution is -0.138. The molecule has 6 heteroatoms. The Bertz CT molecular complexity index is 541. The fourth-order valence-corrected chi connectivity index (χ4v) is 3.10. The smallest absolute Gasteiger partial charge is 0.320 e. The van der Waals surface area contributed by atoms with Gasteiger partial charge in [-0.25, -0.2) is 4.21 Å². The van der Waals surface area contributed by atoms with E-state index in [0.717, 1.165) is 11.1 Å². The largest absolute Gasteiger partial charge is 0.480 e. The maximum absolute atomic E-state index is 12.0. The van der Waals surface area contributed by atoms with Crippen molar-refractivity contribution < 1.29 is 14.1 Å². The first-order valence-corrected chi connectivity index (χ1v) is 7.98. The number of aliphatic carboxylic acids is 1. The number of aryl methyl sites for hydroxylation is 2. The van der Waals surface area contributed by atoms with Gasteiger partial charge in [0.1, 0.15) is 6.04 Å². The summed E-state index contributed by atoms with van der Waals surface area (Å²) in [6.07, 6.45) is 0.642. The molecule has 0 aliphatic heterocycles. The van der Waals surface area contributed by atoms with Gasteiger partial charge in [-0.05, 0) is 30.9 Å².